The van der Waals surface area contributed by atoms with Gasteiger partial charge in [0.1, 0.15) is 29.1 Å². The van der Waals surface area contributed by atoms with Gasteiger partial charge in [0.25, 0.3) is 5.56 Å². The Morgan fingerprint density at radius 2 is 1.62 bits per heavy atom. The van der Waals surface area contributed by atoms with Crippen molar-refractivity contribution in [1.82, 2.24) is 9.29 Å². The molecule has 0 radical (unpaired) electrons. The normalized spacial score (nSPS) is 11.0. The standard InChI is InChI=1S/C15H13N5O3S/c1-20(2)24(22,23)10-5-3-9(4-6-10)13-11(7-16)14(18)19-15(21)12(13)8-17/h3-6H,1-2H3,(H3,18,19,21). The topological polar surface area (TPSA) is 144 Å². The van der Waals surface area contributed by atoms with E-state index in [-0.39, 0.29) is 27.4 Å². The first-order chi connectivity index (χ1) is 11.2. The average molecular weight is 343 g/mol. The van der Waals surface area contributed by atoms with Gasteiger partial charge in [0, 0.05) is 19.7 Å². The number of nitrogens with one attached hydrogen (secondary N) is 1. The monoisotopic (exact) mass is 343 g/mol. The lowest BCUT2D eigenvalue weighted by atomic mass is 9.97. The summed E-state index contributed by atoms with van der Waals surface area (Å²) in [6.45, 7) is 0. The van der Waals surface area contributed by atoms with Crippen molar-refractivity contribution in [3.8, 4) is 23.3 Å². The molecule has 0 unspecified atom stereocenters. The first-order valence-electron chi connectivity index (χ1n) is 6.63. The molecule has 0 atom stereocenters. The summed E-state index contributed by atoms with van der Waals surface area (Å²) in [5.41, 5.74) is 5.05. The number of nitrogens with zero attached hydrogens (tertiary/aromatic N) is 3. The van der Waals surface area contributed by atoms with Crippen molar-refractivity contribution in [1.29, 1.82) is 10.5 Å². The number of aromatic nitrogens is 1. The van der Waals surface area contributed by atoms with Crippen LogP contribution in [0.3, 0.4) is 0 Å². The van der Waals surface area contributed by atoms with E-state index < -0.39 is 15.6 Å². The van der Waals surface area contributed by atoms with Crippen molar-refractivity contribution in [3.05, 3.63) is 45.7 Å². The highest BCUT2D eigenvalue weighted by Gasteiger charge is 2.20. The number of hydrogen-bond acceptors (Lipinski definition) is 6. The lowest BCUT2D eigenvalue weighted by Gasteiger charge is -2.12. The lowest BCUT2D eigenvalue weighted by molar-refractivity contribution is 0.521. The Kier molecular flexibility index (Phi) is 4.42. The van der Waals surface area contributed by atoms with Crippen LogP contribution in [0.4, 0.5) is 5.82 Å². The van der Waals surface area contributed by atoms with Gasteiger partial charge in [-0.05, 0) is 17.7 Å². The number of pyridine rings is 1. The molecule has 0 aliphatic rings. The molecule has 8 nitrogen and oxygen atoms in total. The Hall–Kier alpha value is -3.14. The molecule has 2 rings (SSSR count). The summed E-state index contributed by atoms with van der Waals surface area (Å²) in [7, 11) is -0.803. The predicted octanol–water partition coefficient (Wildman–Crippen LogP) is 0.618. The van der Waals surface area contributed by atoms with Crippen molar-refractivity contribution in [2.24, 2.45) is 0 Å². The Labute approximate surface area is 138 Å². The Morgan fingerprint density at radius 1 is 1.08 bits per heavy atom. The van der Waals surface area contributed by atoms with Gasteiger partial charge in [-0.3, -0.25) is 4.79 Å². The molecule has 0 saturated heterocycles. The summed E-state index contributed by atoms with van der Waals surface area (Å²) in [6.07, 6.45) is 0. The third-order valence-electron chi connectivity index (χ3n) is 3.39. The smallest absolute Gasteiger partial charge is 0.268 e. The summed E-state index contributed by atoms with van der Waals surface area (Å²) in [5, 5.41) is 18.5. The van der Waals surface area contributed by atoms with Gasteiger partial charge in [-0.1, -0.05) is 12.1 Å². The van der Waals surface area contributed by atoms with Crippen LogP contribution in [-0.4, -0.2) is 31.8 Å². The average Bonchev–Trinajstić information content (AvgIpc) is 2.54. The second-order valence-electron chi connectivity index (χ2n) is 5.03. The second kappa shape index (κ2) is 6.16. The van der Waals surface area contributed by atoms with Crippen molar-refractivity contribution in [2.75, 3.05) is 19.8 Å². The van der Waals surface area contributed by atoms with Crippen molar-refractivity contribution in [3.63, 3.8) is 0 Å². The number of benzene rings is 1. The zero-order chi connectivity index (χ0) is 18.1. The van der Waals surface area contributed by atoms with Gasteiger partial charge in [0.15, 0.2) is 0 Å². The van der Waals surface area contributed by atoms with E-state index in [1.54, 1.807) is 6.07 Å². The molecule has 1 heterocycles. The van der Waals surface area contributed by atoms with Crippen LogP contribution in [-0.2, 0) is 10.0 Å². The summed E-state index contributed by atoms with van der Waals surface area (Å²) in [5.74, 6) is -0.151. The minimum Gasteiger partial charge on any atom is -0.384 e. The number of aromatic amines is 1. The van der Waals surface area contributed by atoms with E-state index in [0.29, 0.717) is 5.56 Å². The van der Waals surface area contributed by atoms with Gasteiger partial charge in [-0.25, -0.2) is 12.7 Å². The number of rotatable bonds is 3. The van der Waals surface area contributed by atoms with E-state index in [9.17, 15) is 23.7 Å². The van der Waals surface area contributed by atoms with E-state index in [0.717, 1.165) is 4.31 Å². The Morgan fingerprint density at radius 3 is 2.08 bits per heavy atom. The highest BCUT2D eigenvalue weighted by Crippen LogP contribution is 2.29. The van der Waals surface area contributed by atoms with Gasteiger partial charge in [0.05, 0.1) is 4.90 Å². The van der Waals surface area contributed by atoms with Crippen molar-refractivity contribution < 1.29 is 8.42 Å². The van der Waals surface area contributed by atoms with E-state index in [2.05, 4.69) is 4.98 Å². The van der Waals surface area contributed by atoms with Gasteiger partial charge >= 0.3 is 0 Å². The molecular weight excluding hydrogens is 330 g/mol. The maximum Gasteiger partial charge on any atom is 0.268 e. The van der Waals surface area contributed by atoms with Crippen LogP contribution in [0.5, 0.6) is 0 Å². The highest BCUT2D eigenvalue weighted by molar-refractivity contribution is 7.89. The molecular formula is C15H13N5O3S. The summed E-state index contributed by atoms with van der Waals surface area (Å²) >= 11 is 0. The van der Waals surface area contributed by atoms with E-state index in [1.165, 1.54) is 38.4 Å². The van der Waals surface area contributed by atoms with Crippen LogP contribution in [0.2, 0.25) is 0 Å². The van der Waals surface area contributed by atoms with Crippen LogP contribution in [0.25, 0.3) is 11.1 Å². The second-order valence-corrected chi connectivity index (χ2v) is 7.18. The number of anilines is 1. The molecule has 0 aliphatic heterocycles. The van der Waals surface area contributed by atoms with Crippen molar-refractivity contribution >= 4 is 15.8 Å². The fraction of sp³-hybridized carbons (Fsp3) is 0.133. The minimum absolute atomic E-state index is 0.0469. The molecule has 2 aromatic rings. The predicted molar refractivity (Wildman–Crippen MR) is 87.2 cm³/mol. The quantitative estimate of drug-likeness (QED) is 0.836. The molecule has 24 heavy (non-hydrogen) atoms. The lowest BCUT2D eigenvalue weighted by Crippen LogP contribution is -2.22. The number of hydrogen-bond donors (Lipinski definition) is 2. The molecule has 0 amide bonds. The van der Waals surface area contributed by atoms with Crippen LogP contribution >= 0.6 is 0 Å². The van der Waals surface area contributed by atoms with E-state index in [1.807, 2.05) is 6.07 Å². The zero-order valence-electron chi connectivity index (χ0n) is 12.9. The van der Waals surface area contributed by atoms with Crippen LogP contribution in [0.15, 0.2) is 34.0 Å². The number of nitrogens with two attached hydrogens (primary N) is 1. The van der Waals surface area contributed by atoms with Gasteiger partial charge in [0.2, 0.25) is 10.0 Å². The van der Waals surface area contributed by atoms with Crippen LogP contribution in [0.1, 0.15) is 11.1 Å². The maximum absolute atomic E-state index is 12.1. The number of sulfonamides is 1. The van der Waals surface area contributed by atoms with Gasteiger partial charge in [-0.2, -0.15) is 10.5 Å². The van der Waals surface area contributed by atoms with Crippen molar-refractivity contribution in [2.45, 2.75) is 4.90 Å². The number of nitriles is 2. The highest BCUT2D eigenvalue weighted by atomic mass is 32.2. The third kappa shape index (κ3) is 2.74. The fourth-order valence-corrected chi connectivity index (χ4v) is 3.04. The molecule has 0 fully saturated rings. The summed E-state index contributed by atoms with van der Waals surface area (Å²) < 4.78 is 25.2. The van der Waals surface area contributed by atoms with Crippen LogP contribution < -0.4 is 11.3 Å². The summed E-state index contributed by atoms with van der Waals surface area (Å²) in [4.78, 5) is 14.2. The summed E-state index contributed by atoms with van der Waals surface area (Å²) in [6, 6.07) is 9.13. The van der Waals surface area contributed by atoms with E-state index in [4.69, 9.17) is 5.73 Å². The fourth-order valence-electron chi connectivity index (χ4n) is 2.14. The molecule has 0 bridgehead atoms. The largest absolute Gasteiger partial charge is 0.384 e. The molecule has 122 valence electrons. The SMILES string of the molecule is CN(C)S(=O)(=O)c1ccc(-c2c(C#N)c(N)[nH]c(=O)c2C#N)cc1. The molecule has 3 N–H and O–H groups in total. The number of nitrogen functional groups attached to an aromatic ring is 1. The maximum atomic E-state index is 12.1. The van der Waals surface area contributed by atoms with E-state index >= 15 is 0 Å². The van der Waals surface area contributed by atoms with Crippen LogP contribution in [0, 0.1) is 22.7 Å². The molecule has 1 aromatic heterocycles. The first kappa shape index (κ1) is 17.2. The molecule has 0 spiro atoms. The molecule has 0 aliphatic carbocycles. The number of H-pyrrole nitrogens is 1. The first-order valence-corrected chi connectivity index (χ1v) is 8.07. The zero-order valence-corrected chi connectivity index (χ0v) is 13.7. The molecule has 1 aromatic carbocycles. The van der Waals surface area contributed by atoms with Gasteiger partial charge < -0.3 is 10.7 Å². The Bertz CT molecular complexity index is 1040. The molecule has 0 saturated carbocycles. The molecule has 9 heteroatoms. The third-order valence-corrected chi connectivity index (χ3v) is 5.22. The Balaban J connectivity index is 2.74. The minimum atomic E-state index is -3.61. The van der Waals surface area contributed by atoms with Gasteiger partial charge in [-0.15, -0.1) is 0 Å².